The maximum absolute atomic E-state index is 14.4. The van der Waals surface area contributed by atoms with Gasteiger partial charge in [0.2, 0.25) is 0 Å². The van der Waals surface area contributed by atoms with Crippen LogP contribution in [0.4, 0.5) is 4.39 Å². The van der Waals surface area contributed by atoms with Crippen molar-refractivity contribution in [3.63, 3.8) is 0 Å². The van der Waals surface area contributed by atoms with Gasteiger partial charge < -0.3 is 14.8 Å². The van der Waals surface area contributed by atoms with E-state index in [1.54, 1.807) is 6.07 Å². The molecule has 0 saturated heterocycles. The molecular weight excluding hydrogens is 425 g/mol. The summed E-state index contributed by atoms with van der Waals surface area (Å²) in [5.74, 6) is -4.61. The highest BCUT2D eigenvalue weighted by atomic mass is 35.5. The van der Waals surface area contributed by atoms with Gasteiger partial charge >= 0.3 is 5.97 Å². The molecule has 2 N–H and O–H groups in total. The second-order valence-electron chi connectivity index (χ2n) is 6.77. The molecule has 0 amide bonds. The van der Waals surface area contributed by atoms with Crippen molar-refractivity contribution in [2.45, 2.75) is 13.0 Å². The number of aromatic nitrogens is 1. The summed E-state index contributed by atoms with van der Waals surface area (Å²) in [6.45, 7) is -0.180. The first-order valence-electron chi connectivity index (χ1n) is 9.14. The Balaban J connectivity index is 2.11. The molecule has 0 spiro atoms. The Morgan fingerprint density at radius 2 is 1.74 bits per heavy atom. The smallest absolute Gasteiger partial charge is 0.376 e. The van der Waals surface area contributed by atoms with E-state index >= 15 is 0 Å². The SMILES string of the molecule is O=C(O)C(=O)C=C(O)c1cc(Cc2ccccc2)cn(Cc2cccc(Cl)c2F)c1=O. The molecular formula is C23H17ClFNO5. The third-order valence-corrected chi connectivity index (χ3v) is 4.81. The highest BCUT2D eigenvalue weighted by molar-refractivity contribution is 6.38. The van der Waals surface area contributed by atoms with Crippen LogP contribution >= 0.6 is 11.6 Å². The second kappa shape index (κ2) is 9.40. The lowest BCUT2D eigenvalue weighted by Gasteiger charge is -2.13. The maximum Gasteiger partial charge on any atom is 0.376 e. The summed E-state index contributed by atoms with van der Waals surface area (Å²) in [5.41, 5.74) is 0.666. The first-order valence-corrected chi connectivity index (χ1v) is 9.52. The van der Waals surface area contributed by atoms with E-state index in [1.165, 1.54) is 29.0 Å². The van der Waals surface area contributed by atoms with Gasteiger partial charge in [0.15, 0.2) is 0 Å². The van der Waals surface area contributed by atoms with E-state index in [1.807, 2.05) is 30.3 Å². The van der Waals surface area contributed by atoms with Gasteiger partial charge in [-0.15, -0.1) is 0 Å². The van der Waals surface area contributed by atoms with Gasteiger partial charge in [0.1, 0.15) is 11.6 Å². The highest BCUT2D eigenvalue weighted by Crippen LogP contribution is 2.20. The molecule has 0 unspecified atom stereocenters. The Bertz CT molecular complexity index is 1230. The fraction of sp³-hybridized carbons (Fsp3) is 0.0870. The molecule has 0 radical (unpaired) electrons. The standard InChI is InChI=1S/C23H17ClFNO5/c24-18-8-4-7-16(21(18)25)13-26-12-15(9-14-5-2-1-3-6-14)10-17(22(26)29)19(27)11-20(28)23(30)31/h1-8,10-12,27H,9,13H2,(H,30,31). The number of rotatable bonds is 7. The first kappa shape index (κ1) is 22.0. The molecule has 3 aromatic rings. The number of aliphatic carboxylic acids is 1. The molecule has 1 heterocycles. The van der Waals surface area contributed by atoms with Crippen molar-refractivity contribution >= 4 is 29.1 Å². The van der Waals surface area contributed by atoms with Crippen molar-refractivity contribution in [3.05, 3.63) is 110 Å². The van der Waals surface area contributed by atoms with Gasteiger partial charge in [-0.05, 0) is 29.7 Å². The number of aliphatic hydroxyl groups excluding tert-OH is 1. The number of nitrogens with zero attached hydrogens (tertiary/aromatic N) is 1. The molecule has 0 aliphatic carbocycles. The quantitative estimate of drug-likeness (QED) is 0.330. The molecule has 6 nitrogen and oxygen atoms in total. The molecule has 8 heteroatoms. The molecule has 0 atom stereocenters. The minimum atomic E-state index is -1.77. The zero-order valence-electron chi connectivity index (χ0n) is 16.1. The van der Waals surface area contributed by atoms with Gasteiger partial charge in [0, 0.05) is 17.8 Å². The number of carboxylic acid groups (broad SMARTS) is 1. The van der Waals surface area contributed by atoms with Crippen LogP contribution in [0.2, 0.25) is 5.02 Å². The van der Waals surface area contributed by atoms with E-state index in [4.69, 9.17) is 16.7 Å². The summed E-state index contributed by atoms with van der Waals surface area (Å²) in [7, 11) is 0. The van der Waals surface area contributed by atoms with Gasteiger partial charge in [0.25, 0.3) is 11.3 Å². The van der Waals surface area contributed by atoms with E-state index < -0.39 is 28.9 Å². The molecule has 31 heavy (non-hydrogen) atoms. The van der Waals surface area contributed by atoms with Crippen molar-refractivity contribution in [2.75, 3.05) is 0 Å². The summed E-state index contributed by atoms with van der Waals surface area (Å²) in [5, 5.41) is 18.9. The normalized spacial score (nSPS) is 11.4. The summed E-state index contributed by atoms with van der Waals surface area (Å²) in [4.78, 5) is 35.2. The van der Waals surface area contributed by atoms with Gasteiger partial charge in [-0.25, -0.2) is 9.18 Å². The lowest BCUT2D eigenvalue weighted by Crippen LogP contribution is -2.25. The largest absolute Gasteiger partial charge is 0.507 e. The summed E-state index contributed by atoms with van der Waals surface area (Å²) >= 11 is 5.82. The van der Waals surface area contributed by atoms with Crippen LogP contribution in [0, 0.1) is 5.82 Å². The molecule has 0 aliphatic rings. The first-order chi connectivity index (χ1) is 14.8. The number of hydrogen-bond donors (Lipinski definition) is 2. The Morgan fingerprint density at radius 3 is 2.42 bits per heavy atom. The van der Waals surface area contributed by atoms with Crippen molar-refractivity contribution in [1.82, 2.24) is 4.57 Å². The second-order valence-corrected chi connectivity index (χ2v) is 7.18. The number of pyridine rings is 1. The zero-order valence-corrected chi connectivity index (χ0v) is 16.8. The number of carbonyl (C=O) groups is 2. The van der Waals surface area contributed by atoms with Crippen molar-refractivity contribution in [1.29, 1.82) is 0 Å². The van der Waals surface area contributed by atoms with E-state index in [9.17, 15) is 23.9 Å². The van der Waals surface area contributed by atoms with E-state index in [0.717, 1.165) is 5.56 Å². The minimum absolute atomic E-state index is 0.0963. The average Bonchev–Trinajstić information content (AvgIpc) is 2.74. The highest BCUT2D eigenvalue weighted by Gasteiger charge is 2.16. The molecule has 0 bridgehead atoms. The average molecular weight is 442 g/mol. The van der Waals surface area contributed by atoms with Crippen LogP contribution in [0.3, 0.4) is 0 Å². The van der Waals surface area contributed by atoms with Crippen molar-refractivity contribution in [3.8, 4) is 0 Å². The van der Waals surface area contributed by atoms with Crippen LogP contribution in [0.15, 0.2) is 71.7 Å². The lowest BCUT2D eigenvalue weighted by atomic mass is 10.0. The molecule has 2 aromatic carbocycles. The van der Waals surface area contributed by atoms with Gasteiger partial charge in [-0.3, -0.25) is 9.59 Å². The monoisotopic (exact) mass is 441 g/mol. The number of halogens is 2. The summed E-state index contributed by atoms with van der Waals surface area (Å²) in [6, 6.07) is 15.1. The number of ketones is 1. The predicted octanol–water partition coefficient (Wildman–Crippen LogP) is 3.83. The number of aliphatic hydroxyl groups is 1. The fourth-order valence-corrected chi connectivity index (χ4v) is 3.24. The molecule has 0 fully saturated rings. The molecule has 3 rings (SSSR count). The number of hydrogen-bond acceptors (Lipinski definition) is 4. The van der Waals surface area contributed by atoms with Crippen LogP contribution in [-0.4, -0.2) is 26.5 Å². The van der Waals surface area contributed by atoms with Crippen LogP contribution in [-0.2, 0) is 22.6 Å². The maximum atomic E-state index is 14.4. The van der Waals surface area contributed by atoms with Gasteiger partial charge in [-0.1, -0.05) is 54.1 Å². The van der Waals surface area contributed by atoms with E-state index in [-0.39, 0.29) is 22.7 Å². The topological polar surface area (TPSA) is 96.6 Å². The van der Waals surface area contributed by atoms with Crippen LogP contribution in [0.25, 0.3) is 5.76 Å². The lowest BCUT2D eigenvalue weighted by molar-refractivity contribution is -0.146. The third kappa shape index (κ3) is 5.26. The Kier molecular flexibility index (Phi) is 6.67. The molecule has 158 valence electrons. The minimum Gasteiger partial charge on any atom is -0.507 e. The Morgan fingerprint density at radius 1 is 1.03 bits per heavy atom. The molecule has 1 aromatic heterocycles. The van der Waals surface area contributed by atoms with Crippen molar-refractivity contribution in [2.24, 2.45) is 0 Å². The summed E-state index contributed by atoms with van der Waals surface area (Å²) in [6.07, 6.45) is 2.37. The fourth-order valence-electron chi connectivity index (χ4n) is 3.04. The summed E-state index contributed by atoms with van der Waals surface area (Å²) < 4.78 is 15.5. The zero-order chi connectivity index (χ0) is 22.5. The van der Waals surface area contributed by atoms with E-state index in [2.05, 4.69) is 0 Å². The van der Waals surface area contributed by atoms with E-state index in [0.29, 0.717) is 18.1 Å². The van der Waals surface area contributed by atoms with Gasteiger partial charge in [-0.2, -0.15) is 0 Å². The van der Waals surface area contributed by atoms with Crippen LogP contribution in [0.1, 0.15) is 22.3 Å². The number of carbonyl (C=O) groups excluding carboxylic acids is 1. The number of carboxylic acids is 1. The molecule has 0 saturated carbocycles. The van der Waals surface area contributed by atoms with Crippen molar-refractivity contribution < 1.29 is 24.2 Å². The third-order valence-electron chi connectivity index (χ3n) is 4.52. The van der Waals surface area contributed by atoms with Crippen LogP contribution < -0.4 is 5.56 Å². The number of benzene rings is 2. The van der Waals surface area contributed by atoms with Gasteiger partial charge in [0.05, 0.1) is 17.1 Å². The predicted molar refractivity (Wildman–Crippen MR) is 114 cm³/mol. The molecule has 0 aliphatic heterocycles. The Hall–Kier alpha value is -3.71. The van der Waals surface area contributed by atoms with Crippen LogP contribution in [0.5, 0.6) is 0 Å². The Labute approximate surface area is 181 Å².